The number of piperidine rings is 1. The Kier molecular flexibility index (Phi) is 4.52. The molecule has 0 radical (unpaired) electrons. The molecule has 106 valence electrons. The summed E-state index contributed by atoms with van der Waals surface area (Å²) in [5.41, 5.74) is 0. The van der Waals surface area contributed by atoms with Gasteiger partial charge >= 0.3 is 6.36 Å². The summed E-state index contributed by atoms with van der Waals surface area (Å²) in [5.74, 6) is 0.601. The molecule has 0 aromatic heterocycles. The van der Waals surface area contributed by atoms with Crippen molar-refractivity contribution in [1.82, 2.24) is 5.32 Å². The molecule has 6 heteroatoms. The van der Waals surface area contributed by atoms with E-state index in [-0.39, 0.29) is 5.75 Å². The summed E-state index contributed by atoms with van der Waals surface area (Å²) in [5, 5.41) is 3.25. The predicted octanol–water partition coefficient (Wildman–Crippen LogP) is 2.96. The molecule has 1 heterocycles. The zero-order chi connectivity index (χ0) is 13.7. The van der Waals surface area contributed by atoms with E-state index in [2.05, 4.69) is 10.1 Å². The van der Waals surface area contributed by atoms with Gasteiger partial charge in [0.2, 0.25) is 0 Å². The first-order valence-electron chi connectivity index (χ1n) is 6.22. The summed E-state index contributed by atoms with van der Waals surface area (Å²) in [6, 6.07) is 5.63. The fourth-order valence-electron chi connectivity index (χ4n) is 2.02. The smallest absolute Gasteiger partial charge is 0.493 e. The van der Waals surface area contributed by atoms with Gasteiger partial charge in [0.05, 0.1) is 6.61 Å². The molecule has 0 unspecified atom stereocenters. The molecule has 1 aliphatic rings. The standard InChI is InChI=1S/C13H16F3NO2/c14-13(15,16)19-12-3-1-2-11(8-12)18-9-10-4-6-17-7-5-10/h1-3,8,10,17H,4-7,9H2. The van der Waals surface area contributed by atoms with Crippen LogP contribution in [-0.4, -0.2) is 26.1 Å². The Balaban J connectivity index is 1.87. The molecule has 0 amide bonds. The van der Waals surface area contributed by atoms with E-state index in [9.17, 15) is 13.2 Å². The zero-order valence-electron chi connectivity index (χ0n) is 10.4. The molecule has 0 spiro atoms. The van der Waals surface area contributed by atoms with Crippen LogP contribution in [0.2, 0.25) is 0 Å². The van der Waals surface area contributed by atoms with E-state index in [1.807, 2.05) is 0 Å². The summed E-state index contributed by atoms with van der Waals surface area (Å²) in [6.07, 6.45) is -2.62. The highest BCUT2D eigenvalue weighted by molar-refractivity contribution is 5.33. The molecule has 1 N–H and O–H groups in total. The van der Waals surface area contributed by atoms with Gasteiger partial charge in [-0.15, -0.1) is 13.2 Å². The zero-order valence-corrected chi connectivity index (χ0v) is 10.4. The van der Waals surface area contributed by atoms with Crippen LogP contribution in [0, 0.1) is 5.92 Å². The normalized spacial score (nSPS) is 17.2. The molecule has 0 bridgehead atoms. The van der Waals surface area contributed by atoms with Gasteiger partial charge in [-0.1, -0.05) is 6.07 Å². The summed E-state index contributed by atoms with van der Waals surface area (Å²) in [4.78, 5) is 0. The van der Waals surface area contributed by atoms with Crippen LogP contribution >= 0.6 is 0 Å². The van der Waals surface area contributed by atoms with Gasteiger partial charge in [0.1, 0.15) is 11.5 Å². The summed E-state index contributed by atoms with van der Waals surface area (Å²) < 4.78 is 45.6. The molecule has 1 saturated heterocycles. The van der Waals surface area contributed by atoms with Gasteiger partial charge in [0.25, 0.3) is 0 Å². The fourth-order valence-corrected chi connectivity index (χ4v) is 2.02. The summed E-state index contributed by atoms with van der Waals surface area (Å²) >= 11 is 0. The molecule has 0 atom stereocenters. The molecule has 2 rings (SSSR count). The number of rotatable bonds is 4. The van der Waals surface area contributed by atoms with Gasteiger partial charge in [-0.2, -0.15) is 0 Å². The van der Waals surface area contributed by atoms with Crippen LogP contribution in [0.15, 0.2) is 24.3 Å². The fraction of sp³-hybridized carbons (Fsp3) is 0.538. The van der Waals surface area contributed by atoms with Crippen LogP contribution in [0.5, 0.6) is 11.5 Å². The highest BCUT2D eigenvalue weighted by atomic mass is 19.4. The first-order chi connectivity index (χ1) is 9.03. The Labute approximate surface area is 109 Å². The van der Waals surface area contributed by atoms with E-state index >= 15 is 0 Å². The molecule has 1 aromatic rings. The van der Waals surface area contributed by atoms with Crippen LogP contribution in [0.4, 0.5) is 13.2 Å². The van der Waals surface area contributed by atoms with E-state index in [0.717, 1.165) is 25.9 Å². The molecule has 0 saturated carbocycles. The monoisotopic (exact) mass is 275 g/mol. The average Bonchev–Trinajstić information content (AvgIpc) is 2.36. The van der Waals surface area contributed by atoms with Crippen molar-refractivity contribution < 1.29 is 22.6 Å². The highest BCUT2D eigenvalue weighted by Gasteiger charge is 2.31. The highest BCUT2D eigenvalue weighted by Crippen LogP contribution is 2.26. The Bertz CT molecular complexity index is 403. The van der Waals surface area contributed by atoms with E-state index in [4.69, 9.17) is 4.74 Å². The lowest BCUT2D eigenvalue weighted by atomic mass is 9.99. The first kappa shape index (κ1) is 14.0. The molecule has 1 aromatic carbocycles. The number of nitrogens with one attached hydrogen (secondary N) is 1. The predicted molar refractivity (Wildman–Crippen MR) is 64.2 cm³/mol. The third-order valence-electron chi connectivity index (χ3n) is 2.98. The SMILES string of the molecule is FC(F)(F)Oc1cccc(OCC2CCNCC2)c1. The Morgan fingerprint density at radius 3 is 2.53 bits per heavy atom. The van der Waals surface area contributed by atoms with E-state index < -0.39 is 6.36 Å². The molecule has 3 nitrogen and oxygen atoms in total. The van der Waals surface area contributed by atoms with Gasteiger partial charge in [-0.25, -0.2) is 0 Å². The minimum absolute atomic E-state index is 0.254. The maximum absolute atomic E-state index is 12.1. The lowest BCUT2D eigenvalue weighted by Gasteiger charge is -2.22. The number of alkyl halides is 3. The number of halogens is 3. The van der Waals surface area contributed by atoms with Crippen molar-refractivity contribution in [2.45, 2.75) is 19.2 Å². The van der Waals surface area contributed by atoms with Gasteiger partial charge in [-0.3, -0.25) is 0 Å². The molecule has 1 fully saturated rings. The topological polar surface area (TPSA) is 30.5 Å². The lowest BCUT2D eigenvalue weighted by Crippen LogP contribution is -2.30. The maximum atomic E-state index is 12.1. The second-order valence-electron chi connectivity index (χ2n) is 4.53. The molecular weight excluding hydrogens is 259 g/mol. The number of hydrogen-bond donors (Lipinski definition) is 1. The van der Waals surface area contributed by atoms with Crippen molar-refractivity contribution in [3.05, 3.63) is 24.3 Å². The molecular formula is C13H16F3NO2. The van der Waals surface area contributed by atoms with Gasteiger partial charge in [-0.05, 0) is 44.0 Å². The van der Waals surface area contributed by atoms with Crippen molar-refractivity contribution >= 4 is 0 Å². The Morgan fingerprint density at radius 2 is 1.84 bits per heavy atom. The second-order valence-corrected chi connectivity index (χ2v) is 4.53. The third kappa shape index (κ3) is 4.98. The van der Waals surface area contributed by atoms with E-state index in [1.165, 1.54) is 18.2 Å². The minimum Gasteiger partial charge on any atom is -0.493 e. The number of ether oxygens (including phenoxy) is 2. The lowest BCUT2D eigenvalue weighted by molar-refractivity contribution is -0.274. The molecule has 19 heavy (non-hydrogen) atoms. The summed E-state index contributed by atoms with van der Waals surface area (Å²) in [7, 11) is 0. The van der Waals surface area contributed by atoms with Crippen molar-refractivity contribution in [3.63, 3.8) is 0 Å². The van der Waals surface area contributed by atoms with Gasteiger partial charge < -0.3 is 14.8 Å². The summed E-state index contributed by atoms with van der Waals surface area (Å²) in [6.45, 7) is 2.45. The second kappa shape index (κ2) is 6.14. The minimum atomic E-state index is -4.67. The Hall–Kier alpha value is -1.43. The number of benzene rings is 1. The van der Waals surface area contributed by atoms with E-state index in [1.54, 1.807) is 6.07 Å². The van der Waals surface area contributed by atoms with Crippen molar-refractivity contribution in [2.75, 3.05) is 19.7 Å². The molecule has 1 aliphatic heterocycles. The van der Waals surface area contributed by atoms with E-state index in [0.29, 0.717) is 18.3 Å². The third-order valence-corrected chi connectivity index (χ3v) is 2.98. The van der Waals surface area contributed by atoms with Crippen LogP contribution < -0.4 is 14.8 Å². The van der Waals surface area contributed by atoms with Crippen LogP contribution in [0.3, 0.4) is 0 Å². The van der Waals surface area contributed by atoms with Crippen LogP contribution in [0.25, 0.3) is 0 Å². The largest absolute Gasteiger partial charge is 0.573 e. The van der Waals surface area contributed by atoms with Gasteiger partial charge in [0.15, 0.2) is 0 Å². The quantitative estimate of drug-likeness (QED) is 0.916. The van der Waals surface area contributed by atoms with Crippen LogP contribution in [0.1, 0.15) is 12.8 Å². The molecule has 0 aliphatic carbocycles. The number of hydrogen-bond acceptors (Lipinski definition) is 3. The first-order valence-corrected chi connectivity index (χ1v) is 6.22. The van der Waals surface area contributed by atoms with Crippen molar-refractivity contribution in [2.24, 2.45) is 5.92 Å². The van der Waals surface area contributed by atoms with Crippen molar-refractivity contribution in [3.8, 4) is 11.5 Å². The van der Waals surface area contributed by atoms with Crippen LogP contribution in [-0.2, 0) is 0 Å². The van der Waals surface area contributed by atoms with Crippen molar-refractivity contribution in [1.29, 1.82) is 0 Å². The average molecular weight is 275 g/mol. The Morgan fingerprint density at radius 1 is 1.16 bits per heavy atom. The maximum Gasteiger partial charge on any atom is 0.573 e. The van der Waals surface area contributed by atoms with Gasteiger partial charge in [0, 0.05) is 6.07 Å².